The summed E-state index contributed by atoms with van der Waals surface area (Å²) in [5.74, 6) is -1.67. The topological polar surface area (TPSA) is 117 Å². The van der Waals surface area contributed by atoms with E-state index in [1.807, 2.05) is 34.6 Å². The van der Waals surface area contributed by atoms with Crippen LogP contribution in [-0.4, -0.2) is 75.6 Å². The summed E-state index contributed by atoms with van der Waals surface area (Å²) in [5, 5.41) is 16.2. The highest BCUT2D eigenvalue weighted by molar-refractivity contribution is 9.09. The molecule has 3 unspecified atom stereocenters. The lowest BCUT2D eigenvalue weighted by atomic mass is 9.70. The highest BCUT2D eigenvalue weighted by Gasteiger charge is 2.77. The van der Waals surface area contributed by atoms with Crippen LogP contribution in [0.5, 0.6) is 5.75 Å². The summed E-state index contributed by atoms with van der Waals surface area (Å²) in [5.41, 5.74) is -0.569. The average Bonchev–Trinajstić information content (AvgIpc) is 3.41. The highest BCUT2D eigenvalue weighted by atomic mass is 79.9. The molecule has 0 saturated carbocycles. The molecule has 3 aliphatic rings. The second-order valence-electron chi connectivity index (χ2n) is 11.0. The largest absolute Gasteiger partial charge is 0.494 e. The molecule has 2 bridgehead atoms. The van der Waals surface area contributed by atoms with Gasteiger partial charge in [-0.25, -0.2) is 0 Å². The van der Waals surface area contributed by atoms with E-state index < -0.39 is 35.6 Å². The number of halogens is 1. The van der Waals surface area contributed by atoms with Gasteiger partial charge >= 0.3 is 0 Å². The molecule has 9 nitrogen and oxygen atoms in total. The zero-order valence-corrected chi connectivity index (χ0v) is 23.7. The molecule has 7 atom stereocenters. The number of fused-ring (bicyclic) bond motifs is 1. The molecular formula is C27H38BrN3O6. The van der Waals surface area contributed by atoms with Gasteiger partial charge in [0.15, 0.2) is 0 Å². The maximum absolute atomic E-state index is 14.1. The predicted octanol–water partition coefficient (Wildman–Crippen LogP) is 2.70. The number of carbonyl (C=O) groups is 3. The van der Waals surface area contributed by atoms with Crippen molar-refractivity contribution in [2.75, 3.05) is 18.5 Å². The van der Waals surface area contributed by atoms with Crippen LogP contribution in [0.4, 0.5) is 5.69 Å². The molecule has 10 heteroatoms. The van der Waals surface area contributed by atoms with E-state index in [4.69, 9.17) is 9.47 Å². The number of ether oxygens (including phenoxy) is 2. The highest BCUT2D eigenvalue weighted by Crippen LogP contribution is 2.60. The van der Waals surface area contributed by atoms with Crippen LogP contribution in [0.1, 0.15) is 47.5 Å². The van der Waals surface area contributed by atoms with Crippen LogP contribution < -0.4 is 15.4 Å². The summed E-state index contributed by atoms with van der Waals surface area (Å²) in [7, 11) is 0. The van der Waals surface area contributed by atoms with Gasteiger partial charge in [0.2, 0.25) is 17.7 Å². The van der Waals surface area contributed by atoms with Gasteiger partial charge in [0, 0.05) is 16.6 Å². The fourth-order valence-corrected chi connectivity index (χ4v) is 7.21. The van der Waals surface area contributed by atoms with Crippen molar-refractivity contribution in [3.63, 3.8) is 0 Å². The first-order valence-corrected chi connectivity index (χ1v) is 14.0. The summed E-state index contributed by atoms with van der Waals surface area (Å²) in [6.45, 7) is 9.90. The molecule has 1 aromatic rings. The van der Waals surface area contributed by atoms with E-state index in [0.29, 0.717) is 30.9 Å². The van der Waals surface area contributed by atoms with E-state index >= 15 is 0 Å². The molecule has 1 aromatic carbocycles. The van der Waals surface area contributed by atoms with Gasteiger partial charge in [0.1, 0.15) is 17.4 Å². The monoisotopic (exact) mass is 579 g/mol. The van der Waals surface area contributed by atoms with Gasteiger partial charge in [-0.15, -0.1) is 0 Å². The Hall–Kier alpha value is -2.17. The first kappa shape index (κ1) is 27.9. The fraction of sp³-hybridized carbons (Fsp3) is 0.667. The summed E-state index contributed by atoms with van der Waals surface area (Å²) < 4.78 is 12.0. The number of alkyl halides is 1. The predicted molar refractivity (Wildman–Crippen MR) is 142 cm³/mol. The Labute approximate surface area is 226 Å². The minimum atomic E-state index is -1.15. The van der Waals surface area contributed by atoms with E-state index in [9.17, 15) is 19.5 Å². The smallest absolute Gasteiger partial charge is 0.246 e. The zero-order chi connectivity index (χ0) is 27.1. The second-order valence-corrected chi connectivity index (χ2v) is 12.2. The normalized spacial score (nSPS) is 31.1. The number of nitrogens with zero attached hydrogens (tertiary/aromatic N) is 1. The Kier molecular flexibility index (Phi) is 8.21. The molecule has 3 heterocycles. The molecule has 204 valence electrons. The van der Waals surface area contributed by atoms with Crippen LogP contribution in [-0.2, 0) is 19.1 Å². The van der Waals surface area contributed by atoms with Crippen molar-refractivity contribution in [2.24, 2.45) is 17.8 Å². The van der Waals surface area contributed by atoms with Gasteiger partial charge in [0.05, 0.1) is 37.2 Å². The maximum Gasteiger partial charge on any atom is 0.246 e. The lowest BCUT2D eigenvalue weighted by Crippen LogP contribution is -2.59. The number of aliphatic hydroxyl groups excluding tert-OH is 1. The Balaban J connectivity index is 1.69. The Morgan fingerprint density at radius 3 is 2.46 bits per heavy atom. The van der Waals surface area contributed by atoms with Crippen LogP contribution in [0.3, 0.4) is 0 Å². The number of nitrogens with one attached hydrogen (secondary N) is 2. The lowest BCUT2D eigenvalue weighted by molar-refractivity contribution is -0.145. The SMILES string of the molecule is CCOc1ccc(NC(=O)[C@H]2[C@@H]3OC4(CC3Br)C(C(=O)NC(C)C)N([C@@H](CO)CC(C)C)C(=O)[C@H]24)cc1. The molecule has 1 spiro atoms. The average molecular weight is 581 g/mol. The third-order valence-corrected chi connectivity index (χ3v) is 8.33. The summed E-state index contributed by atoms with van der Waals surface area (Å²) in [4.78, 5) is 42.7. The van der Waals surface area contributed by atoms with Crippen LogP contribution in [0.25, 0.3) is 0 Å². The fourth-order valence-electron chi connectivity index (χ4n) is 6.27. The Bertz CT molecular complexity index is 1020. The minimum absolute atomic E-state index is 0.144. The number of rotatable bonds is 10. The number of likely N-dealkylation sites (tertiary alicyclic amines) is 1. The molecule has 0 radical (unpaired) electrons. The first-order chi connectivity index (χ1) is 17.5. The van der Waals surface area contributed by atoms with Crippen molar-refractivity contribution < 1.29 is 29.0 Å². The molecule has 0 aromatic heterocycles. The number of hydrogen-bond donors (Lipinski definition) is 3. The van der Waals surface area contributed by atoms with Crippen molar-refractivity contribution in [1.82, 2.24) is 10.2 Å². The van der Waals surface area contributed by atoms with Crippen molar-refractivity contribution in [3.8, 4) is 5.75 Å². The molecular weight excluding hydrogens is 542 g/mol. The molecule has 37 heavy (non-hydrogen) atoms. The molecule has 3 amide bonds. The zero-order valence-electron chi connectivity index (χ0n) is 22.1. The summed E-state index contributed by atoms with van der Waals surface area (Å²) in [6.07, 6.45) is 0.402. The van der Waals surface area contributed by atoms with Crippen molar-refractivity contribution in [1.29, 1.82) is 0 Å². The molecule has 3 aliphatic heterocycles. The molecule has 4 rings (SSSR count). The molecule has 3 N–H and O–H groups in total. The van der Waals surface area contributed by atoms with Crippen molar-refractivity contribution >= 4 is 39.3 Å². The maximum atomic E-state index is 14.1. The number of aliphatic hydroxyl groups is 1. The van der Waals surface area contributed by atoms with E-state index in [0.717, 1.165) is 0 Å². The molecule has 3 saturated heterocycles. The Morgan fingerprint density at radius 2 is 1.89 bits per heavy atom. The standard InChI is InChI=1S/C27H38BrN3O6/c1-6-36-18-9-7-16(8-10-18)30-24(33)20-21-26(35)31(17(13-32)11-14(2)3)23(25(34)29-15(4)5)27(21)12-19(28)22(20)37-27/h7-10,14-15,17,19-23,32H,6,11-13H2,1-5H3,(H,29,34)(H,30,33)/t17-,19?,20-,21+,22-,23?,27?/m1/s1. The number of carbonyl (C=O) groups excluding carboxylic acids is 3. The van der Waals surface area contributed by atoms with E-state index in [2.05, 4.69) is 26.6 Å². The van der Waals surface area contributed by atoms with E-state index in [1.54, 1.807) is 24.3 Å². The summed E-state index contributed by atoms with van der Waals surface area (Å²) in [6, 6.07) is 5.43. The van der Waals surface area contributed by atoms with Crippen LogP contribution in [0, 0.1) is 17.8 Å². The van der Waals surface area contributed by atoms with Crippen LogP contribution >= 0.6 is 15.9 Å². The third-order valence-electron chi connectivity index (χ3n) is 7.49. The Morgan fingerprint density at radius 1 is 1.22 bits per heavy atom. The van der Waals surface area contributed by atoms with Gasteiger partial charge in [-0.3, -0.25) is 14.4 Å². The van der Waals surface area contributed by atoms with Gasteiger partial charge in [-0.05, 0) is 63.8 Å². The minimum Gasteiger partial charge on any atom is -0.494 e. The second kappa shape index (κ2) is 10.9. The van der Waals surface area contributed by atoms with Crippen molar-refractivity contribution in [2.45, 2.75) is 82.1 Å². The van der Waals surface area contributed by atoms with Gasteiger partial charge in [0.25, 0.3) is 0 Å². The van der Waals surface area contributed by atoms with Gasteiger partial charge in [-0.2, -0.15) is 0 Å². The number of anilines is 1. The van der Waals surface area contributed by atoms with Gasteiger partial charge < -0.3 is 30.1 Å². The van der Waals surface area contributed by atoms with E-state index in [-0.39, 0.29) is 41.1 Å². The van der Waals surface area contributed by atoms with Crippen LogP contribution in [0.15, 0.2) is 24.3 Å². The molecule has 0 aliphatic carbocycles. The molecule has 3 fully saturated rings. The van der Waals surface area contributed by atoms with E-state index in [1.165, 1.54) is 4.90 Å². The summed E-state index contributed by atoms with van der Waals surface area (Å²) >= 11 is 3.68. The first-order valence-electron chi connectivity index (χ1n) is 13.1. The lowest BCUT2D eigenvalue weighted by Gasteiger charge is -2.37. The van der Waals surface area contributed by atoms with Crippen LogP contribution in [0.2, 0.25) is 0 Å². The number of benzene rings is 1. The third kappa shape index (κ3) is 5.00. The number of hydrogen-bond acceptors (Lipinski definition) is 6. The quantitative estimate of drug-likeness (QED) is 0.367. The van der Waals surface area contributed by atoms with Gasteiger partial charge in [-0.1, -0.05) is 29.8 Å². The van der Waals surface area contributed by atoms with Crippen molar-refractivity contribution in [3.05, 3.63) is 24.3 Å². The number of amides is 3.